The molecule has 1 aromatic heterocycles. The highest BCUT2D eigenvalue weighted by Gasteiger charge is 2.45. The van der Waals surface area contributed by atoms with Gasteiger partial charge in [0.1, 0.15) is 0 Å². The van der Waals surface area contributed by atoms with Crippen LogP contribution in [0.25, 0.3) is 0 Å². The van der Waals surface area contributed by atoms with Crippen molar-refractivity contribution in [2.75, 3.05) is 6.54 Å². The average molecular weight is 286 g/mol. The number of halogens is 1. The summed E-state index contributed by atoms with van der Waals surface area (Å²) < 4.78 is 5.78. The molecule has 1 saturated carbocycles. The summed E-state index contributed by atoms with van der Waals surface area (Å²) in [6, 6.07) is 3.40. The van der Waals surface area contributed by atoms with Gasteiger partial charge in [-0.3, -0.25) is 4.79 Å². The summed E-state index contributed by atoms with van der Waals surface area (Å²) in [5.74, 6) is 0.861. The maximum absolute atomic E-state index is 11.7. The number of carbonyl (C=O) groups excluding carboxylic acids is 1. The smallest absolute Gasteiger partial charge is 0.287 e. The van der Waals surface area contributed by atoms with Crippen molar-refractivity contribution in [1.82, 2.24) is 5.32 Å². The topological polar surface area (TPSA) is 42.2 Å². The van der Waals surface area contributed by atoms with Gasteiger partial charge in [0.25, 0.3) is 5.91 Å². The first-order chi connectivity index (χ1) is 7.53. The Bertz CT molecular complexity index is 393. The van der Waals surface area contributed by atoms with Gasteiger partial charge in [-0.05, 0) is 52.2 Å². The van der Waals surface area contributed by atoms with Crippen LogP contribution in [-0.2, 0) is 0 Å². The second-order valence-corrected chi connectivity index (χ2v) is 5.59. The zero-order chi connectivity index (χ0) is 11.8. The molecule has 1 aromatic rings. The molecule has 1 heterocycles. The van der Waals surface area contributed by atoms with Gasteiger partial charge in [0.2, 0.25) is 0 Å². The van der Waals surface area contributed by atoms with Gasteiger partial charge in [0, 0.05) is 6.54 Å². The van der Waals surface area contributed by atoms with Crippen molar-refractivity contribution >= 4 is 21.8 Å². The molecule has 0 spiro atoms. The molecule has 2 rings (SSSR count). The van der Waals surface area contributed by atoms with Gasteiger partial charge in [-0.2, -0.15) is 0 Å². The van der Waals surface area contributed by atoms with Crippen LogP contribution in [-0.4, -0.2) is 12.5 Å². The lowest BCUT2D eigenvalue weighted by molar-refractivity contribution is 0.0910. The van der Waals surface area contributed by atoms with E-state index in [1.54, 1.807) is 12.1 Å². The minimum Gasteiger partial charge on any atom is -0.444 e. The van der Waals surface area contributed by atoms with E-state index in [9.17, 15) is 4.79 Å². The molecule has 0 bridgehead atoms. The van der Waals surface area contributed by atoms with Crippen molar-refractivity contribution in [3.63, 3.8) is 0 Å². The fourth-order valence-corrected chi connectivity index (χ4v) is 2.21. The summed E-state index contributed by atoms with van der Waals surface area (Å²) in [5.41, 5.74) is 0.333. The number of rotatable bonds is 4. The normalized spacial score (nSPS) is 17.5. The lowest BCUT2D eigenvalue weighted by Gasteiger charge is -2.19. The van der Waals surface area contributed by atoms with Crippen LogP contribution in [0.5, 0.6) is 0 Å². The monoisotopic (exact) mass is 285 g/mol. The molecule has 1 fully saturated rings. The van der Waals surface area contributed by atoms with E-state index in [1.165, 1.54) is 12.8 Å². The molecule has 0 aromatic carbocycles. The number of nitrogens with one attached hydrogen (secondary N) is 1. The van der Waals surface area contributed by atoms with Gasteiger partial charge >= 0.3 is 0 Å². The molecule has 88 valence electrons. The second-order valence-electron chi connectivity index (χ2n) is 4.80. The van der Waals surface area contributed by atoms with Crippen molar-refractivity contribution in [3.8, 4) is 0 Å². The highest BCUT2D eigenvalue weighted by Crippen LogP contribution is 2.51. The van der Waals surface area contributed by atoms with Gasteiger partial charge in [0.15, 0.2) is 10.4 Å². The number of carbonyl (C=O) groups is 1. The van der Waals surface area contributed by atoms with E-state index < -0.39 is 0 Å². The number of amides is 1. The van der Waals surface area contributed by atoms with Crippen LogP contribution in [0.1, 0.15) is 37.2 Å². The molecule has 1 N–H and O–H groups in total. The molecule has 0 saturated heterocycles. The fraction of sp³-hybridized carbons (Fsp3) is 0.583. The third-order valence-electron chi connectivity index (χ3n) is 3.51. The van der Waals surface area contributed by atoms with Crippen LogP contribution < -0.4 is 5.32 Å². The summed E-state index contributed by atoms with van der Waals surface area (Å²) in [4.78, 5) is 11.7. The van der Waals surface area contributed by atoms with Crippen LogP contribution in [0.2, 0.25) is 0 Å². The van der Waals surface area contributed by atoms with E-state index >= 15 is 0 Å². The lowest BCUT2D eigenvalue weighted by Crippen LogP contribution is -2.32. The minimum absolute atomic E-state index is 0.127. The molecular formula is C12H16BrNO2. The quantitative estimate of drug-likeness (QED) is 0.923. The highest BCUT2D eigenvalue weighted by atomic mass is 79.9. The molecule has 0 unspecified atom stereocenters. The van der Waals surface area contributed by atoms with Gasteiger partial charge in [-0.25, -0.2) is 0 Å². The SMILES string of the molecule is CC(C)C1(CNC(=O)c2ccc(Br)o2)CC1. The maximum Gasteiger partial charge on any atom is 0.287 e. The molecule has 1 amide bonds. The van der Waals surface area contributed by atoms with E-state index in [0.29, 0.717) is 21.8 Å². The average Bonchev–Trinajstić information content (AvgIpc) is 2.92. The van der Waals surface area contributed by atoms with Crippen molar-refractivity contribution in [2.45, 2.75) is 26.7 Å². The Morgan fingerprint density at radius 1 is 1.56 bits per heavy atom. The van der Waals surface area contributed by atoms with Crippen LogP contribution >= 0.6 is 15.9 Å². The van der Waals surface area contributed by atoms with Gasteiger partial charge in [-0.15, -0.1) is 0 Å². The van der Waals surface area contributed by atoms with E-state index in [2.05, 4.69) is 35.1 Å². The molecule has 1 aliphatic rings. The first-order valence-corrected chi connectivity index (χ1v) is 6.36. The zero-order valence-electron chi connectivity index (χ0n) is 9.55. The van der Waals surface area contributed by atoms with Crippen molar-refractivity contribution in [1.29, 1.82) is 0 Å². The second kappa shape index (κ2) is 4.24. The Balaban J connectivity index is 1.89. The van der Waals surface area contributed by atoms with Gasteiger partial charge in [0.05, 0.1) is 0 Å². The third kappa shape index (κ3) is 2.32. The first kappa shape index (κ1) is 11.7. The highest BCUT2D eigenvalue weighted by molar-refractivity contribution is 9.10. The Morgan fingerprint density at radius 3 is 2.69 bits per heavy atom. The van der Waals surface area contributed by atoms with Gasteiger partial charge in [-0.1, -0.05) is 13.8 Å². The Labute approximate surface area is 104 Å². The third-order valence-corrected chi connectivity index (χ3v) is 3.94. The van der Waals surface area contributed by atoms with Crippen LogP contribution in [0.3, 0.4) is 0 Å². The predicted octanol–water partition coefficient (Wildman–Crippen LogP) is 3.21. The molecule has 0 aliphatic heterocycles. The largest absolute Gasteiger partial charge is 0.444 e. The minimum atomic E-state index is -0.127. The van der Waals surface area contributed by atoms with Crippen LogP contribution in [0, 0.1) is 11.3 Å². The molecular weight excluding hydrogens is 270 g/mol. The number of hydrogen-bond donors (Lipinski definition) is 1. The Morgan fingerprint density at radius 2 is 2.25 bits per heavy atom. The fourth-order valence-electron chi connectivity index (χ4n) is 1.90. The Kier molecular flexibility index (Phi) is 3.10. The molecule has 1 aliphatic carbocycles. The van der Waals surface area contributed by atoms with E-state index in [0.717, 1.165) is 6.54 Å². The van der Waals surface area contributed by atoms with E-state index in [1.807, 2.05) is 0 Å². The van der Waals surface area contributed by atoms with Crippen molar-refractivity contribution in [2.24, 2.45) is 11.3 Å². The van der Waals surface area contributed by atoms with E-state index in [4.69, 9.17) is 4.42 Å². The molecule has 0 atom stereocenters. The van der Waals surface area contributed by atoms with Crippen molar-refractivity contribution in [3.05, 3.63) is 22.6 Å². The standard InChI is InChI=1S/C12H16BrNO2/c1-8(2)12(5-6-12)7-14-11(15)9-3-4-10(13)16-9/h3-4,8H,5-7H2,1-2H3,(H,14,15). The zero-order valence-corrected chi connectivity index (χ0v) is 11.1. The lowest BCUT2D eigenvalue weighted by atomic mass is 9.92. The summed E-state index contributed by atoms with van der Waals surface area (Å²) >= 11 is 3.18. The maximum atomic E-state index is 11.7. The van der Waals surface area contributed by atoms with Crippen LogP contribution in [0.4, 0.5) is 0 Å². The molecule has 16 heavy (non-hydrogen) atoms. The van der Waals surface area contributed by atoms with E-state index in [-0.39, 0.29) is 5.91 Å². The summed E-state index contributed by atoms with van der Waals surface area (Å²) in [5, 5.41) is 2.94. The Hall–Kier alpha value is -0.770. The number of hydrogen-bond acceptors (Lipinski definition) is 2. The predicted molar refractivity (Wildman–Crippen MR) is 65.2 cm³/mol. The molecule has 0 radical (unpaired) electrons. The summed E-state index contributed by atoms with van der Waals surface area (Å²) in [6.45, 7) is 5.17. The number of furan rings is 1. The summed E-state index contributed by atoms with van der Waals surface area (Å²) in [7, 11) is 0. The first-order valence-electron chi connectivity index (χ1n) is 5.57. The summed E-state index contributed by atoms with van der Waals surface area (Å²) in [6.07, 6.45) is 2.43. The van der Waals surface area contributed by atoms with Crippen molar-refractivity contribution < 1.29 is 9.21 Å². The van der Waals surface area contributed by atoms with Gasteiger partial charge < -0.3 is 9.73 Å². The van der Waals surface area contributed by atoms with Crippen LogP contribution in [0.15, 0.2) is 21.2 Å². The molecule has 3 nitrogen and oxygen atoms in total. The molecule has 4 heteroatoms.